The number of carbonyl (C=O) groups excluding carboxylic acids is 1. The van der Waals surface area contributed by atoms with Gasteiger partial charge in [-0.1, -0.05) is 54.6 Å². The number of rotatable bonds is 13. The van der Waals surface area contributed by atoms with Crippen molar-refractivity contribution in [1.29, 1.82) is 0 Å². The van der Waals surface area contributed by atoms with Crippen molar-refractivity contribution in [2.75, 3.05) is 20.8 Å². The number of aliphatic carboxylic acids is 1. The van der Waals surface area contributed by atoms with Gasteiger partial charge in [0.05, 0.1) is 33.7 Å². The molecular formula is C35H35FN2O10. The molecule has 1 aliphatic rings. The number of alkyl halides is 1. The lowest BCUT2D eigenvalue weighted by Gasteiger charge is -2.37. The number of halogens is 1. The summed E-state index contributed by atoms with van der Waals surface area (Å²) in [7, 11) is 3.10. The third-order valence-electron chi connectivity index (χ3n) is 8.13. The summed E-state index contributed by atoms with van der Waals surface area (Å²) in [5, 5.41) is 9.05. The van der Waals surface area contributed by atoms with Crippen LogP contribution in [0.2, 0.25) is 0 Å². The molecule has 2 heterocycles. The number of methoxy groups -OCH3 is 2. The molecule has 1 saturated heterocycles. The second-order valence-corrected chi connectivity index (χ2v) is 11.2. The normalized spacial score (nSPS) is 19.1. The Labute approximate surface area is 274 Å². The SMILES string of the molecule is COc1ccc(C(OC[C@H]2O[C@@H](n3cc(C)c(=O)[nH]c3=O)[C@@H](F)[C@@H]2OC(=O)CCC(=O)O)(c2ccccc2)c2ccc(OC)cc2)cc1. The summed E-state index contributed by atoms with van der Waals surface area (Å²) < 4.78 is 46.3. The summed E-state index contributed by atoms with van der Waals surface area (Å²) in [6.45, 7) is 1.08. The number of benzene rings is 3. The second-order valence-electron chi connectivity index (χ2n) is 11.2. The van der Waals surface area contributed by atoms with E-state index in [0.717, 1.165) is 10.8 Å². The van der Waals surface area contributed by atoms with Gasteiger partial charge in [-0.25, -0.2) is 9.18 Å². The van der Waals surface area contributed by atoms with Crippen molar-refractivity contribution in [3.63, 3.8) is 0 Å². The van der Waals surface area contributed by atoms with E-state index in [2.05, 4.69) is 4.98 Å². The standard InChI is InChI=1S/C35H35FN2O10/c1-21-19-38(34(43)37-32(21)42)33-30(36)31(48-29(41)18-17-28(39)40)27(47-33)20-46-35(22-7-5-4-6-8-22,23-9-13-25(44-2)14-10-23)24-11-15-26(45-3)16-12-24/h4-16,19,27,30-31,33H,17-18,20H2,1-3H3,(H,39,40)(H,37,42,43)/t27-,30+,31-,33-/m1/s1. The van der Waals surface area contributed by atoms with Crippen LogP contribution in [0.25, 0.3) is 0 Å². The summed E-state index contributed by atoms with van der Waals surface area (Å²) in [4.78, 5) is 50.7. The number of carboxylic acid groups (broad SMARTS) is 1. The fraction of sp³-hybridized carbons (Fsp3) is 0.314. The number of nitrogens with zero attached hydrogens (tertiary/aromatic N) is 1. The molecule has 252 valence electrons. The molecule has 13 heteroatoms. The van der Waals surface area contributed by atoms with Gasteiger partial charge in [-0.2, -0.15) is 0 Å². The number of hydrogen-bond donors (Lipinski definition) is 2. The zero-order valence-electron chi connectivity index (χ0n) is 26.5. The van der Waals surface area contributed by atoms with E-state index in [1.165, 1.54) is 6.92 Å². The van der Waals surface area contributed by atoms with E-state index in [-0.39, 0.29) is 12.2 Å². The van der Waals surface area contributed by atoms with Gasteiger partial charge < -0.3 is 28.8 Å². The summed E-state index contributed by atoms with van der Waals surface area (Å²) in [6, 6.07) is 23.7. The maximum atomic E-state index is 16.3. The van der Waals surface area contributed by atoms with Crippen molar-refractivity contribution in [3.05, 3.63) is 128 Å². The van der Waals surface area contributed by atoms with Crippen molar-refractivity contribution < 1.29 is 42.8 Å². The zero-order valence-corrected chi connectivity index (χ0v) is 26.5. The summed E-state index contributed by atoms with van der Waals surface area (Å²) in [5.41, 5.74) is -0.729. The lowest BCUT2D eigenvalue weighted by molar-refractivity contribution is -0.159. The molecule has 48 heavy (non-hydrogen) atoms. The number of aromatic nitrogens is 2. The van der Waals surface area contributed by atoms with E-state index < -0.39 is 66.2 Å². The molecule has 1 aliphatic heterocycles. The van der Waals surface area contributed by atoms with Crippen LogP contribution in [0.3, 0.4) is 0 Å². The van der Waals surface area contributed by atoms with Crippen LogP contribution in [0.1, 0.15) is 41.3 Å². The van der Waals surface area contributed by atoms with Crippen LogP contribution in [-0.2, 0) is 29.4 Å². The van der Waals surface area contributed by atoms with Crippen molar-refractivity contribution >= 4 is 11.9 Å². The molecule has 5 rings (SSSR count). The van der Waals surface area contributed by atoms with Crippen molar-refractivity contribution in [1.82, 2.24) is 9.55 Å². The summed E-state index contributed by atoms with van der Waals surface area (Å²) in [6.07, 6.45) is -6.46. The maximum Gasteiger partial charge on any atom is 0.330 e. The third kappa shape index (κ3) is 7.02. The Bertz CT molecular complexity index is 1790. The molecule has 3 aromatic carbocycles. The Balaban J connectivity index is 1.59. The first-order valence-electron chi connectivity index (χ1n) is 15.1. The smallest absolute Gasteiger partial charge is 0.330 e. The van der Waals surface area contributed by atoms with E-state index in [1.54, 1.807) is 38.5 Å². The van der Waals surface area contributed by atoms with Crippen LogP contribution in [0.15, 0.2) is 94.6 Å². The first kappa shape index (κ1) is 34.1. The molecule has 0 bridgehead atoms. The molecule has 12 nitrogen and oxygen atoms in total. The zero-order chi connectivity index (χ0) is 34.4. The number of hydrogen-bond acceptors (Lipinski definition) is 9. The van der Waals surface area contributed by atoms with Gasteiger partial charge in [0, 0.05) is 11.8 Å². The predicted molar refractivity (Wildman–Crippen MR) is 170 cm³/mol. The highest BCUT2D eigenvalue weighted by atomic mass is 19.1. The molecule has 4 aromatic rings. The highest BCUT2D eigenvalue weighted by molar-refractivity contribution is 5.76. The van der Waals surface area contributed by atoms with Gasteiger partial charge in [0.2, 0.25) is 0 Å². The van der Waals surface area contributed by atoms with Crippen molar-refractivity contribution in [2.24, 2.45) is 0 Å². The lowest BCUT2D eigenvalue weighted by Crippen LogP contribution is -2.41. The average molecular weight is 663 g/mol. The monoisotopic (exact) mass is 662 g/mol. The molecule has 0 spiro atoms. The van der Waals surface area contributed by atoms with Gasteiger partial charge in [-0.05, 0) is 47.9 Å². The minimum atomic E-state index is -2.09. The molecule has 0 aliphatic carbocycles. The van der Waals surface area contributed by atoms with Crippen LogP contribution in [0.4, 0.5) is 4.39 Å². The van der Waals surface area contributed by atoms with Gasteiger partial charge in [-0.15, -0.1) is 0 Å². The number of esters is 1. The van der Waals surface area contributed by atoms with Crippen LogP contribution in [0.5, 0.6) is 11.5 Å². The minimum Gasteiger partial charge on any atom is -0.497 e. The Hall–Kier alpha value is -5.27. The first-order valence-corrected chi connectivity index (χ1v) is 15.1. The van der Waals surface area contributed by atoms with Gasteiger partial charge in [0.1, 0.15) is 23.2 Å². The van der Waals surface area contributed by atoms with Gasteiger partial charge in [0.25, 0.3) is 5.56 Å². The number of H-pyrrole nitrogens is 1. The number of aryl methyl sites for hydroxylation is 1. The van der Waals surface area contributed by atoms with Gasteiger partial charge >= 0.3 is 17.6 Å². The van der Waals surface area contributed by atoms with Crippen LogP contribution >= 0.6 is 0 Å². The summed E-state index contributed by atoms with van der Waals surface area (Å²) >= 11 is 0. The van der Waals surface area contributed by atoms with Crippen LogP contribution < -0.4 is 20.7 Å². The number of carbonyl (C=O) groups is 2. The molecule has 0 radical (unpaired) electrons. The van der Waals surface area contributed by atoms with E-state index in [0.29, 0.717) is 28.2 Å². The Morgan fingerprint density at radius 1 is 0.896 bits per heavy atom. The quantitative estimate of drug-likeness (QED) is 0.159. The first-order chi connectivity index (χ1) is 23.1. The minimum absolute atomic E-state index is 0.127. The molecule has 2 N–H and O–H groups in total. The van der Waals surface area contributed by atoms with Crippen molar-refractivity contribution in [3.8, 4) is 11.5 Å². The highest BCUT2D eigenvalue weighted by Crippen LogP contribution is 2.43. The third-order valence-corrected chi connectivity index (χ3v) is 8.13. The van der Waals surface area contributed by atoms with Crippen molar-refractivity contribution in [2.45, 2.75) is 50.0 Å². The Morgan fingerprint density at radius 3 is 2.00 bits per heavy atom. The largest absolute Gasteiger partial charge is 0.497 e. The highest BCUT2D eigenvalue weighted by Gasteiger charge is 2.50. The lowest BCUT2D eigenvalue weighted by atomic mass is 9.80. The van der Waals surface area contributed by atoms with E-state index in [4.69, 9.17) is 28.8 Å². The molecule has 4 atom stereocenters. The fourth-order valence-corrected chi connectivity index (χ4v) is 5.67. The van der Waals surface area contributed by atoms with Crippen LogP contribution in [-0.4, -0.2) is 65.8 Å². The van der Waals surface area contributed by atoms with E-state index in [1.807, 2.05) is 54.6 Å². The molecule has 1 fully saturated rings. The second kappa shape index (κ2) is 14.7. The van der Waals surface area contributed by atoms with E-state index in [9.17, 15) is 19.2 Å². The topological polar surface area (TPSA) is 155 Å². The maximum absolute atomic E-state index is 16.3. The average Bonchev–Trinajstić information content (AvgIpc) is 3.40. The Kier molecular flexibility index (Phi) is 10.4. The number of carboxylic acids is 1. The van der Waals surface area contributed by atoms with Gasteiger partial charge in [-0.3, -0.25) is 23.9 Å². The predicted octanol–water partition coefficient (Wildman–Crippen LogP) is 3.88. The van der Waals surface area contributed by atoms with Gasteiger partial charge in [0.15, 0.2) is 18.5 Å². The van der Waals surface area contributed by atoms with E-state index >= 15 is 4.39 Å². The molecule has 0 amide bonds. The molecular weight excluding hydrogens is 627 g/mol. The number of nitrogens with one attached hydrogen (secondary N) is 1. The number of ether oxygens (including phenoxy) is 5. The summed E-state index contributed by atoms with van der Waals surface area (Å²) in [5.74, 6) is -0.990. The molecule has 1 aromatic heterocycles. The Morgan fingerprint density at radius 2 is 1.46 bits per heavy atom. The number of aromatic amines is 1. The fourth-order valence-electron chi connectivity index (χ4n) is 5.67. The molecule has 0 unspecified atom stereocenters. The molecule has 0 saturated carbocycles. The van der Waals surface area contributed by atoms with Crippen LogP contribution in [0, 0.1) is 6.92 Å².